The maximum absolute atomic E-state index is 13.3. The zero-order chi connectivity index (χ0) is 82.2. The van der Waals surface area contributed by atoms with Crippen LogP contribution in [0.25, 0.3) is 54.5 Å². The van der Waals surface area contributed by atoms with Crippen molar-refractivity contribution in [3.8, 4) is 0 Å². The Balaban J connectivity index is 0.000000114. The highest BCUT2D eigenvalue weighted by molar-refractivity contribution is 7.92. The van der Waals surface area contributed by atoms with Gasteiger partial charge in [-0.3, -0.25) is 44.7 Å². The lowest BCUT2D eigenvalue weighted by Gasteiger charge is -2.44. The predicted molar refractivity (Wildman–Crippen MR) is 432 cm³/mol. The summed E-state index contributed by atoms with van der Waals surface area (Å²) in [5, 5.41) is 47.7. The van der Waals surface area contributed by atoms with Crippen LogP contribution in [0.3, 0.4) is 0 Å². The molecule has 8 N–H and O–H groups in total. The van der Waals surface area contributed by atoms with Crippen molar-refractivity contribution in [1.82, 2.24) is 75.5 Å². The van der Waals surface area contributed by atoms with Crippen molar-refractivity contribution in [1.29, 1.82) is 0 Å². The fourth-order valence-corrected chi connectivity index (χ4v) is 22.1. The number of fused-ring (bicyclic) bond motifs is 6. The molecule has 6 aromatic carbocycles. The molecule has 7 fully saturated rings. The Kier molecular flexibility index (Phi) is 21.9. The third kappa shape index (κ3) is 16.5. The number of hydrogen-bond donors (Lipinski definition) is 8. The van der Waals surface area contributed by atoms with E-state index in [1.165, 1.54) is 34.1 Å². The summed E-state index contributed by atoms with van der Waals surface area (Å²) in [6.07, 6.45) is 10.3. The second kappa shape index (κ2) is 31.3. The topological polar surface area (TPSA) is 353 Å². The largest absolute Gasteiger partial charge is 0.416 e. The molecule has 5 aromatic heterocycles. The van der Waals surface area contributed by atoms with Gasteiger partial charge in [-0.2, -0.15) is 56.1 Å². The van der Waals surface area contributed by atoms with Gasteiger partial charge in [0.05, 0.1) is 116 Å². The Morgan fingerprint density at radius 1 is 0.474 bits per heavy atom. The maximum atomic E-state index is 13.3. The Hall–Kier alpha value is -9.79. The zero-order valence-corrected chi connectivity index (χ0v) is 67.4. The van der Waals surface area contributed by atoms with E-state index in [0.717, 1.165) is 146 Å². The van der Waals surface area contributed by atoms with E-state index in [-0.39, 0.29) is 46.6 Å². The van der Waals surface area contributed by atoms with Crippen LogP contribution in [0.1, 0.15) is 119 Å². The molecule has 12 heterocycles. The third-order valence-electron chi connectivity index (χ3n) is 23.5. The number of carbonyl (C=O) groups excluding carboxylic acids is 3. The number of rotatable bonds is 9. The van der Waals surface area contributed by atoms with Gasteiger partial charge in [-0.05, 0) is 174 Å². The van der Waals surface area contributed by atoms with Gasteiger partial charge < -0.3 is 25.3 Å². The number of nitrogens with one attached hydrogen (secondary N) is 8. The standard InChI is InChI=1S/C17H15F3N4O2S.C15H17ClN4O.C15H18ClN3O2S.C15H14F3N5O2.C15H21N3O2S/c1-27(25,26)24-7-6-23(14-4-2-3-5-15(14)24)16-9-11(17(18,19)20)8-13-12(16)10-21-22-13;16-10-7-12-11(9-18-19-12)13(8-10)20-5-2-15(3-6-20)1-4-17-14(15)21;16-11-7-13(14-9-17-18-15(14)8-11)10-3-5-19(6-4-10)22(20,21)12-1-2-12;16-15(17,18)8-5-10-9(7-19-22-10)11(6-8)23-3-1-14(2-4-23)12(24)20-13(25)21-14;1-15(2)9-11(7-8-18(15)21(3,19)20)12-5-4-6-14-13(12)10-16-17-14/h2-5,8-10H,6-7H2,1H3,(H,21,22);7-9H,1-6H2,(H,17,21)(H,18,19);7-10,12H,1-6H2,(H,17,18);5-7H,1-4H2,(H,19,22)(H2,20,21,24,25);4-6,10-11H,7-9H2,1-3H3,(H,16,17). The van der Waals surface area contributed by atoms with Crippen molar-refractivity contribution in [3.05, 3.63) is 154 Å². The first kappa shape index (κ1) is 81.4. The van der Waals surface area contributed by atoms with E-state index in [2.05, 4.69) is 77.9 Å². The number of sulfonamides is 3. The van der Waals surface area contributed by atoms with Crippen LogP contribution in [0.5, 0.6) is 0 Å². The number of alkyl halides is 6. The molecule has 7 aliphatic heterocycles. The number of imide groups is 1. The van der Waals surface area contributed by atoms with Gasteiger partial charge in [0.25, 0.3) is 5.91 Å². The van der Waals surface area contributed by atoms with Gasteiger partial charge in [0.2, 0.25) is 36.0 Å². The van der Waals surface area contributed by atoms with Gasteiger partial charge in [-0.25, -0.2) is 34.4 Å². The Morgan fingerprint density at radius 2 is 0.974 bits per heavy atom. The molecule has 8 aliphatic rings. The molecule has 19 rings (SSSR count). The maximum Gasteiger partial charge on any atom is 0.416 e. The molecule has 1 saturated carbocycles. The zero-order valence-electron chi connectivity index (χ0n) is 63.5. The number of piperidine rings is 4. The molecule has 0 radical (unpaired) electrons. The van der Waals surface area contributed by atoms with E-state index in [1.807, 2.05) is 68.8 Å². The Labute approximate surface area is 673 Å². The van der Waals surface area contributed by atoms with E-state index in [4.69, 9.17) is 23.2 Å². The lowest BCUT2D eigenvalue weighted by atomic mass is 9.77. The van der Waals surface area contributed by atoms with Gasteiger partial charge in [0.15, 0.2) is 0 Å². The van der Waals surface area contributed by atoms with Crippen LogP contribution in [0, 0.1) is 5.41 Å². The highest BCUT2D eigenvalue weighted by Gasteiger charge is 2.50. The fraction of sp³-hybridized carbons (Fsp3) is 0.429. The molecule has 116 heavy (non-hydrogen) atoms. The van der Waals surface area contributed by atoms with Crippen LogP contribution in [-0.4, -0.2) is 197 Å². The molecular weight excluding hydrogens is 1620 g/mol. The number of H-pyrrole nitrogens is 5. The molecule has 28 nitrogen and oxygen atoms in total. The average Bonchev–Trinajstić information content (AvgIpc) is 1.25. The number of nitrogens with zero attached hydrogens (tertiary/aromatic N) is 11. The number of benzene rings is 6. The van der Waals surface area contributed by atoms with Crippen LogP contribution in [-0.2, 0) is 52.0 Å². The van der Waals surface area contributed by atoms with Crippen LogP contribution < -0.4 is 35.0 Å². The molecular formula is C77H85Cl2F6N19O9S3. The first-order valence-electron chi connectivity index (χ1n) is 38.0. The van der Waals surface area contributed by atoms with Gasteiger partial charge in [0.1, 0.15) is 5.54 Å². The van der Waals surface area contributed by atoms with Gasteiger partial charge in [0, 0.05) is 113 Å². The first-order valence-corrected chi connectivity index (χ1v) is 43.9. The molecule has 1 unspecified atom stereocenters. The number of para-hydroxylation sites is 2. The predicted octanol–water partition coefficient (Wildman–Crippen LogP) is 13.0. The molecule has 616 valence electrons. The van der Waals surface area contributed by atoms with Gasteiger partial charge in [-0.15, -0.1) is 0 Å². The number of urea groups is 1. The van der Waals surface area contributed by atoms with E-state index >= 15 is 0 Å². The summed E-state index contributed by atoms with van der Waals surface area (Å²) in [5.41, 5.74) is 5.74. The van der Waals surface area contributed by atoms with E-state index in [1.54, 1.807) is 42.7 Å². The number of aromatic nitrogens is 10. The summed E-state index contributed by atoms with van der Waals surface area (Å²) < 4.78 is 157. The molecule has 6 saturated heterocycles. The number of anilines is 5. The first-order chi connectivity index (χ1) is 55.0. The van der Waals surface area contributed by atoms with Crippen molar-refractivity contribution in [3.63, 3.8) is 0 Å². The van der Waals surface area contributed by atoms with Crippen molar-refractivity contribution in [2.45, 2.75) is 125 Å². The van der Waals surface area contributed by atoms with Crippen molar-refractivity contribution < 1.29 is 66.0 Å². The lowest BCUT2D eigenvalue weighted by molar-refractivity contribution is -0.138. The number of hydrogen-bond acceptors (Lipinski definition) is 17. The Morgan fingerprint density at radius 3 is 1.50 bits per heavy atom. The Bertz CT molecular complexity index is 5930. The minimum atomic E-state index is -4.51. The summed E-state index contributed by atoms with van der Waals surface area (Å²) in [6.45, 7) is 9.42. The SMILES string of the molecule is CC1(C)CC(c2cccc3[nH]ncc23)CCN1S(C)(=O)=O.CS(=O)(=O)N1CCN(c2cc(C(F)(F)F)cc3[nH]ncc23)c2ccccc21.O=C1NC(=O)C2(CCN(c3cc(C(F)(F)F)cc4[nH]ncc34)CC2)N1.O=C1NCCC12CCN(c1cc(Cl)cc3[nH]ncc13)CC2.O=S(=O)(C1CC1)N1CCC(c2cc(Cl)cc3[nH]ncc23)CC1. The van der Waals surface area contributed by atoms with Crippen molar-refractivity contribution in [2.75, 3.05) is 97.0 Å². The summed E-state index contributed by atoms with van der Waals surface area (Å²) in [4.78, 5) is 41.2. The van der Waals surface area contributed by atoms with Gasteiger partial charge in [-0.1, -0.05) is 47.5 Å². The highest BCUT2D eigenvalue weighted by Crippen LogP contribution is 2.47. The second-order valence-corrected chi connectivity index (χ2v) is 38.3. The smallest absolute Gasteiger partial charge is 0.371 e. The van der Waals surface area contributed by atoms with Crippen molar-refractivity contribution in [2.24, 2.45) is 5.41 Å². The van der Waals surface area contributed by atoms with E-state index < -0.39 is 65.1 Å². The third-order valence-corrected chi connectivity index (χ3v) is 29.0. The molecule has 11 aromatic rings. The number of halogens is 8. The molecule has 2 spiro atoms. The number of carbonyl (C=O) groups is 3. The van der Waals surface area contributed by atoms with Crippen molar-refractivity contribution >= 4 is 154 Å². The minimum absolute atomic E-state index is 0.115. The normalized spacial score (nSPS) is 20.1. The van der Waals surface area contributed by atoms with Gasteiger partial charge >= 0.3 is 18.4 Å². The molecule has 4 amide bonds. The molecule has 39 heteroatoms. The lowest BCUT2D eigenvalue weighted by Crippen LogP contribution is -2.55. The summed E-state index contributed by atoms with van der Waals surface area (Å²) in [6, 6.07) is 24.4. The average molecular weight is 1700 g/mol. The molecule has 0 bridgehead atoms. The van der Waals surface area contributed by atoms with Crippen LogP contribution in [0.15, 0.2) is 122 Å². The van der Waals surface area contributed by atoms with Crippen LogP contribution in [0.2, 0.25) is 10.0 Å². The summed E-state index contributed by atoms with van der Waals surface area (Å²) in [7, 11) is -9.70. The van der Waals surface area contributed by atoms with Crippen LogP contribution >= 0.6 is 23.2 Å². The summed E-state index contributed by atoms with van der Waals surface area (Å²) in [5.74, 6) is 0.556. The highest BCUT2D eigenvalue weighted by atomic mass is 35.5. The number of aromatic amines is 5. The monoisotopic (exact) mass is 1700 g/mol. The van der Waals surface area contributed by atoms with E-state index in [9.17, 15) is 66.0 Å². The fourth-order valence-electron chi connectivity index (χ4n) is 17.4. The summed E-state index contributed by atoms with van der Waals surface area (Å²) >= 11 is 12.4. The quantitative estimate of drug-likeness (QED) is 0.0491. The minimum Gasteiger partial charge on any atom is -0.371 e. The van der Waals surface area contributed by atoms with E-state index in [0.29, 0.717) is 106 Å². The molecule has 1 atom stereocenters. The second-order valence-electron chi connectivity index (χ2n) is 31.4. The number of amides is 4. The molecule has 1 aliphatic carbocycles. The van der Waals surface area contributed by atoms with Crippen LogP contribution in [0.4, 0.5) is 59.6 Å².